The van der Waals surface area contributed by atoms with Gasteiger partial charge in [0.1, 0.15) is 5.75 Å². The summed E-state index contributed by atoms with van der Waals surface area (Å²) in [5.41, 5.74) is 0.0890. The summed E-state index contributed by atoms with van der Waals surface area (Å²) in [6.07, 6.45) is 1.10. The summed E-state index contributed by atoms with van der Waals surface area (Å²) in [4.78, 5) is 3.62. The zero-order valence-corrected chi connectivity index (χ0v) is 13.0. The predicted molar refractivity (Wildman–Crippen MR) is 76.0 cm³/mol. The highest BCUT2D eigenvalue weighted by Gasteiger charge is 2.18. The topological polar surface area (TPSA) is 68.3 Å². The van der Waals surface area contributed by atoms with Gasteiger partial charge in [-0.25, -0.2) is 13.4 Å². The van der Waals surface area contributed by atoms with E-state index in [4.69, 9.17) is 23.2 Å². The number of nitrogens with one attached hydrogen (secondary N) is 1. The van der Waals surface area contributed by atoms with Gasteiger partial charge in [-0.3, -0.25) is 4.72 Å². The molecule has 0 radical (unpaired) electrons. The minimum atomic E-state index is -3.87. The van der Waals surface area contributed by atoms with Gasteiger partial charge in [-0.2, -0.15) is 8.78 Å². The minimum Gasteiger partial charge on any atom is -0.433 e. The number of alkyl halides is 2. The Morgan fingerprint density at radius 2 is 2.05 bits per heavy atom. The lowest BCUT2D eigenvalue weighted by molar-refractivity contribution is -0.0497. The van der Waals surface area contributed by atoms with Crippen molar-refractivity contribution in [1.82, 2.24) is 4.98 Å². The zero-order chi connectivity index (χ0) is 15.6. The van der Waals surface area contributed by atoms with Gasteiger partial charge in [0.15, 0.2) is 8.68 Å². The Balaban J connectivity index is 2.22. The molecule has 0 unspecified atom stereocenters. The number of hydrogen-bond acceptors (Lipinski definition) is 5. The standard InChI is InChI=1S/C10H6Cl2F2N2O3S2/c11-6-3-5(1-2-7(6)19-10(13)14)16-21(17,18)8-4-15-9(12)20-8/h1-4,10,16H. The van der Waals surface area contributed by atoms with Gasteiger partial charge < -0.3 is 4.74 Å². The zero-order valence-electron chi connectivity index (χ0n) is 9.89. The van der Waals surface area contributed by atoms with Gasteiger partial charge in [0.2, 0.25) is 0 Å². The van der Waals surface area contributed by atoms with E-state index < -0.39 is 16.6 Å². The first-order valence-electron chi connectivity index (χ1n) is 5.16. The minimum absolute atomic E-state index is 0.0779. The molecule has 1 aromatic heterocycles. The van der Waals surface area contributed by atoms with E-state index in [1.54, 1.807) is 0 Å². The summed E-state index contributed by atoms with van der Waals surface area (Å²) < 4.78 is 54.5. The third kappa shape index (κ3) is 4.16. The number of aromatic nitrogens is 1. The molecule has 0 atom stereocenters. The highest BCUT2D eigenvalue weighted by molar-refractivity contribution is 7.94. The van der Waals surface area contributed by atoms with Crippen LogP contribution in [-0.2, 0) is 10.0 Å². The molecule has 0 aliphatic rings. The van der Waals surface area contributed by atoms with Gasteiger partial charge in [-0.05, 0) is 18.2 Å². The van der Waals surface area contributed by atoms with Crippen LogP contribution >= 0.6 is 34.5 Å². The van der Waals surface area contributed by atoms with Gasteiger partial charge in [-0.15, -0.1) is 0 Å². The number of anilines is 1. The van der Waals surface area contributed by atoms with Crippen LogP contribution in [0, 0.1) is 0 Å². The fourth-order valence-corrected chi connectivity index (χ4v) is 3.89. The average Bonchev–Trinajstić information content (AvgIpc) is 2.79. The second-order valence-corrected chi connectivity index (χ2v) is 7.49. The van der Waals surface area contributed by atoms with Crippen LogP contribution < -0.4 is 9.46 Å². The molecule has 0 aliphatic carbocycles. The lowest BCUT2D eigenvalue weighted by Gasteiger charge is -2.09. The molecule has 1 aromatic carbocycles. The molecule has 2 rings (SSSR count). The monoisotopic (exact) mass is 374 g/mol. The molecule has 5 nitrogen and oxygen atoms in total. The molecule has 114 valence electrons. The van der Waals surface area contributed by atoms with Gasteiger partial charge >= 0.3 is 6.61 Å². The Hall–Kier alpha value is -1.16. The summed E-state index contributed by atoms with van der Waals surface area (Å²) in [5, 5.41) is -0.155. The van der Waals surface area contributed by atoms with Crippen LogP contribution in [0.15, 0.2) is 28.6 Å². The number of sulfonamides is 1. The molecule has 11 heteroatoms. The van der Waals surface area contributed by atoms with E-state index in [9.17, 15) is 17.2 Å². The summed E-state index contributed by atoms with van der Waals surface area (Å²) in [7, 11) is -3.87. The van der Waals surface area contributed by atoms with E-state index in [1.165, 1.54) is 6.07 Å². The van der Waals surface area contributed by atoms with Gasteiger partial charge in [0.05, 0.1) is 16.9 Å². The van der Waals surface area contributed by atoms with Gasteiger partial charge in [0.25, 0.3) is 10.0 Å². The van der Waals surface area contributed by atoms with E-state index in [-0.39, 0.29) is 25.1 Å². The number of ether oxygens (including phenoxy) is 1. The quantitative estimate of drug-likeness (QED) is 0.862. The van der Waals surface area contributed by atoms with Crippen LogP contribution in [0.5, 0.6) is 5.75 Å². The first-order valence-corrected chi connectivity index (χ1v) is 8.22. The van der Waals surface area contributed by atoms with E-state index in [1.807, 2.05) is 0 Å². The Bertz CT molecular complexity index is 753. The molecule has 0 amide bonds. The number of benzene rings is 1. The van der Waals surface area contributed by atoms with Crippen LogP contribution in [0.1, 0.15) is 0 Å². The number of hydrogen-bond donors (Lipinski definition) is 1. The predicted octanol–water partition coefficient (Wildman–Crippen LogP) is 3.85. The van der Waals surface area contributed by atoms with Crippen molar-refractivity contribution in [2.24, 2.45) is 0 Å². The van der Waals surface area contributed by atoms with Crippen molar-refractivity contribution in [2.75, 3.05) is 4.72 Å². The summed E-state index contributed by atoms with van der Waals surface area (Å²) in [6.45, 7) is -3.02. The van der Waals surface area contributed by atoms with Crippen molar-refractivity contribution in [3.05, 3.63) is 33.9 Å². The Morgan fingerprint density at radius 3 is 2.57 bits per heavy atom. The van der Waals surface area contributed by atoms with Crippen molar-refractivity contribution < 1.29 is 21.9 Å². The summed E-state index contributed by atoms with van der Waals surface area (Å²) in [6, 6.07) is 3.52. The van der Waals surface area contributed by atoms with Crippen molar-refractivity contribution in [2.45, 2.75) is 10.8 Å². The van der Waals surface area contributed by atoms with Crippen LogP contribution in [0.25, 0.3) is 0 Å². The van der Waals surface area contributed by atoms with E-state index in [0.717, 1.165) is 29.7 Å². The van der Waals surface area contributed by atoms with E-state index >= 15 is 0 Å². The van der Waals surface area contributed by atoms with Crippen LogP contribution in [0.3, 0.4) is 0 Å². The second-order valence-electron chi connectivity index (χ2n) is 3.56. The largest absolute Gasteiger partial charge is 0.433 e. The maximum absolute atomic E-state index is 12.1. The lowest BCUT2D eigenvalue weighted by Crippen LogP contribution is -2.11. The molecule has 0 spiro atoms. The molecular formula is C10H6Cl2F2N2O3S2. The lowest BCUT2D eigenvalue weighted by atomic mass is 10.3. The van der Waals surface area contributed by atoms with Crippen molar-refractivity contribution in [3.63, 3.8) is 0 Å². The molecule has 0 aliphatic heterocycles. The number of thiazole rings is 1. The molecule has 0 bridgehead atoms. The van der Waals surface area contributed by atoms with Crippen LogP contribution in [0.4, 0.5) is 14.5 Å². The van der Waals surface area contributed by atoms with Crippen molar-refractivity contribution in [1.29, 1.82) is 0 Å². The first-order chi connectivity index (χ1) is 9.78. The first kappa shape index (κ1) is 16.2. The van der Waals surface area contributed by atoms with Crippen molar-refractivity contribution >= 4 is 50.2 Å². The Kier molecular flexibility index (Phi) is 4.87. The SMILES string of the molecule is O=S(=O)(Nc1ccc(OC(F)F)c(Cl)c1)c1cnc(Cl)s1. The van der Waals surface area contributed by atoms with Gasteiger partial charge in [0, 0.05) is 0 Å². The van der Waals surface area contributed by atoms with E-state index in [2.05, 4.69) is 14.4 Å². The number of halogens is 4. The summed E-state index contributed by atoms with van der Waals surface area (Å²) in [5.74, 6) is -0.254. The molecule has 1 N–H and O–H groups in total. The molecular weight excluding hydrogens is 369 g/mol. The normalized spacial score (nSPS) is 11.7. The fraction of sp³-hybridized carbons (Fsp3) is 0.100. The average molecular weight is 375 g/mol. The summed E-state index contributed by atoms with van der Waals surface area (Å²) >= 11 is 12.1. The van der Waals surface area contributed by atoms with Crippen LogP contribution in [-0.4, -0.2) is 20.0 Å². The smallest absolute Gasteiger partial charge is 0.387 e. The molecule has 0 fully saturated rings. The third-order valence-electron chi connectivity index (χ3n) is 2.12. The molecule has 0 saturated carbocycles. The molecule has 21 heavy (non-hydrogen) atoms. The third-order valence-corrected chi connectivity index (χ3v) is 5.37. The number of rotatable bonds is 5. The van der Waals surface area contributed by atoms with Gasteiger partial charge in [-0.1, -0.05) is 34.5 Å². The van der Waals surface area contributed by atoms with E-state index in [0.29, 0.717) is 0 Å². The Morgan fingerprint density at radius 1 is 1.33 bits per heavy atom. The Labute approximate surface area is 132 Å². The maximum Gasteiger partial charge on any atom is 0.387 e. The molecule has 0 saturated heterocycles. The molecule has 1 heterocycles. The molecule has 2 aromatic rings. The maximum atomic E-state index is 12.1. The second kappa shape index (κ2) is 6.30. The number of nitrogens with zero attached hydrogens (tertiary/aromatic N) is 1. The van der Waals surface area contributed by atoms with Crippen LogP contribution in [0.2, 0.25) is 9.49 Å². The highest BCUT2D eigenvalue weighted by Crippen LogP contribution is 2.31. The van der Waals surface area contributed by atoms with Crippen molar-refractivity contribution in [3.8, 4) is 5.75 Å². The fourth-order valence-electron chi connectivity index (χ4n) is 1.32. The highest BCUT2D eigenvalue weighted by atomic mass is 35.5.